The van der Waals surface area contributed by atoms with Gasteiger partial charge in [0, 0.05) is 13.2 Å². The maximum atomic E-state index is 12.7. The fourth-order valence-corrected chi connectivity index (χ4v) is 5.88. The quantitative estimate of drug-likeness (QED) is 0.863. The van der Waals surface area contributed by atoms with Gasteiger partial charge in [-0.05, 0) is 60.0 Å². The second-order valence-electron chi connectivity index (χ2n) is 7.34. The minimum atomic E-state index is -0.276. The van der Waals surface area contributed by atoms with Gasteiger partial charge in [0.2, 0.25) is 5.91 Å². The Balaban J connectivity index is 1.41. The molecule has 1 saturated carbocycles. The van der Waals surface area contributed by atoms with E-state index in [2.05, 4.69) is 20.8 Å². The molecule has 1 aromatic heterocycles. The lowest BCUT2D eigenvalue weighted by Crippen LogP contribution is -2.47. The number of fused-ring (bicyclic) bond motifs is 1. The summed E-state index contributed by atoms with van der Waals surface area (Å²) in [6.45, 7) is 1.49. The van der Waals surface area contributed by atoms with Gasteiger partial charge in [-0.3, -0.25) is 4.79 Å². The molecule has 0 aromatic carbocycles. The molecule has 8 heteroatoms. The molecule has 1 N–H and O–H groups in total. The van der Waals surface area contributed by atoms with Gasteiger partial charge in [0.15, 0.2) is 0 Å². The summed E-state index contributed by atoms with van der Waals surface area (Å²) in [5.41, 5.74) is -0.373. The lowest BCUT2D eigenvalue weighted by atomic mass is 9.87. The molecule has 3 aliphatic rings. The van der Waals surface area contributed by atoms with Gasteiger partial charge in [0.05, 0.1) is 17.6 Å². The number of carbonyl (C=O) groups excluding carboxylic acids is 1. The molecule has 3 heterocycles. The highest BCUT2D eigenvalue weighted by Crippen LogP contribution is 2.45. The lowest BCUT2D eigenvalue weighted by molar-refractivity contribution is -0.125. The maximum Gasteiger partial charge on any atom is 0.222 e. The molecule has 24 heavy (non-hydrogen) atoms. The zero-order valence-corrected chi connectivity index (χ0v) is 14.8. The molecule has 0 unspecified atom stereocenters. The Morgan fingerprint density at radius 3 is 3.00 bits per heavy atom. The van der Waals surface area contributed by atoms with Crippen LogP contribution in [-0.4, -0.2) is 56.4 Å². The Kier molecular flexibility index (Phi) is 4.51. The van der Waals surface area contributed by atoms with Gasteiger partial charge < -0.3 is 10.1 Å². The standard InChI is InChI=1S/C16H25N5O2S/c22-14(17-11-16-4-1-2-13(16)3-7-23-16)10-15(5-8-24-9-6-15)21-12-18-19-20-21/h12-13H,1-11H2,(H,17,22)/t13-,16+/m0/s1. The zero-order chi connectivity index (χ0) is 16.5. The summed E-state index contributed by atoms with van der Waals surface area (Å²) in [5.74, 6) is 2.80. The van der Waals surface area contributed by atoms with Crippen molar-refractivity contribution in [3.8, 4) is 0 Å². The number of amides is 1. The molecule has 3 fully saturated rings. The third kappa shape index (κ3) is 2.94. The first kappa shape index (κ1) is 16.3. The fourth-order valence-electron chi connectivity index (χ4n) is 4.63. The van der Waals surface area contributed by atoms with Crippen LogP contribution in [0.5, 0.6) is 0 Å². The Hall–Kier alpha value is -1.15. The van der Waals surface area contributed by atoms with E-state index < -0.39 is 0 Å². The van der Waals surface area contributed by atoms with E-state index in [0.717, 1.165) is 43.8 Å². The van der Waals surface area contributed by atoms with Crippen molar-refractivity contribution in [2.75, 3.05) is 24.7 Å². The van der Waals surface area contributed by atoms with Crippen LogP contribution in [0.25, 0.3) is 0 Å². The van der Waals surface area contributed by atoms with E-state index in [9.17, 15) is 4.79 Å². The predicted octanol–water partition coefficient (Wildman–Crippen LogP) is 1.36. The second-order valence-corrected chi connectivity index (χ2v) is 8.56. The Morgan fingerprint density at radius 2 is 2.21 bits per heavy atom. The molecule has 132 valence electrons. The van der Waals surface area contributed by atoms with E-state index in [1.54, 1.807) is 11.0 Å². The minimum absolute atomic E-state index is 0.0907. The van der Waals surface area contributed by atoms with E-state index >= 15 is 0 Å². The number of ether oxygens (including phenoxy) is 1. The number of aromatic nitrogens is 4. The van der Waals surface area contributed by atoms with Gasteiger partial charge >= 0.3 is 0 Å². The van der Waals surface area contributed by atoms with Crippen molar-refractivity contribution in [2.24, 2.45) is 5.92 Å². The van der Waals surface area contributed by atoms with Crippen LogP contribution in [0.3, 0.4) is 0 Å². The predicted molar refractivity (Wildman–Crippen MR) is 90.6 cm³/mol. The van der Waals surface area contributed by atoms with Crippen molar-refractivity contribution in [1.82, 2.24) is 25.5 Å². The topological polar surface area (TPSA) is 81.9 Å². The number of thioether (sulfide) groups is 1. The lowest BCUT2D eigenvalue weighted by Gasteiger charge is -2.36. The van der Waals surface area contributed by atoms with Crippen molar-refractivity contribution in [1.29, 1.82) is 0 Å². The number of nitrogens with one attached hydrogen (secondary N) is 1. The van der Waals surface area contributed by atoms with Crippen LogP contribution in [0, 0.1) is 5.92 Å². The van der Waals surface area contributed by atoms with Crippen molar-refractivity contribution >= 4 is 17.7 Å². The molecule has 1 aliphatic carbocycles. The molecule has 2 aliphatic heterocycles. The Labute approximate surface area is 146 Å². The Bertz CT molecular complexity index is 563. The van der Waals surface area contributed by atoms with E-state index in [-0.39, 0.29) is 17.0 Å². The van der Waals surface area contributed by atoms with Gasteiger partial charge in [-0.15, -0.1) is 5.10 Å². The monoisotopic (exact) mass is 351 g/mol. The fraction of sp³-hybridized carbons (Fsp3) is 0.875. The largest absolute Gasteiger partial charge is 0.373 e. The maximum absolute atomic E-state index is 12.7. The first-order chi connectivity index (χ1) is 11.7. The molecular weight excluding hydrogens is 326 g/mol. The molecular formula is C16H25N5O2S. The third-order valence-electron chi connectivity index (χ3n) is 6.09. The summed E-state index contributed by atoms with van der Waals surface area (Å²) in [6.07, 6.45) is 8.62. The van der Waals surface area contributed by atoms with Crippen LogP contribution in [0.1, 0.15) is 44.9 Å². The summed E-state index contributed by atoms with van der Waals surface area (Å²) in [5, 5.41) is 14.8. The molecule has 1 amide bonds. The highest BCUT2D eigenvalue weighted by atomic mass is 32.2. The van der Waals surface area contributed by atoms with E-state index in [4.69, 9.17) is 4.74 Å². The molecule has 1 aromatic rings. The van der Waals surface area contributed by atoms with Crippen LogP contribution in [-0.2, 0) is 15.1 Å². The first-order valence-corrected chi connectivity index (χ1v) is 10.1. The summed E-state index contributed by atoms with van der Waals surface area (Å²) in [4.78, 5) is 12.7. The van der Waals surface area contributed by atoms with Gasteiger partial charge in [-0.1, -0.05) is 6.42 Å². The van der Waals surface area contributed by atoms with Crippen molar-refractivity contribution in [3.63, 3.8) is 0 Å². The number of rotatable bonds is 5. The molecule has 2 atom stereocenters. The first-order valence-electron chi connectivity index (χ1n) is 8.94. The smallest absolute Gasteiger partial charge is 0.222 e. The van der Waals surface area contributed by atoms with E-state index in [1.165, 1.54) is 12.8 Å². The molecule has 0 spiro atoms. The highest BCUT2D eigenvalue weighted by Gasteiger charge is 2.48. The van der Waals surface area contributed by atoms with Crippen LogP contribution < -0.4 is 5.32 Å². The molecule has 7 nitrogen and oxygen atoms in total. The second kappa shape index (κ2) is 6.63. The van der Waals surface area contributed by atoms with E-state index in [0.29, 0.717) is 18.9 Å². The molecule has 4 rings (SSSR count). The highest BCUT2D eigenvalue weighted by molar-refractivity contribution is 7.99. The normalized spacial score (nSPS) is 31.8. The summed E-state index contributed by atoms with van der Waals surface area (Å²) < 4.78 is 7.85. The zero-order valence-electron chi connectivity index (χ0n) is 13.9. The van der Waals surface area contributed by atoms with Gasteiger partial charge in [0.1, 0.15) is 6.33 Å². The number of hydrogen-bond donors (Lipinski definition) is 1. The van der Waals surface area contributed by atoms with Crippen molar-refractivity contribution in [3.05, 3.63) is 6.33 Å². The number of carbonyl (C=O) groups is 1. The minimum Gasteiger partial charge on any atom is -0.373 e. The Morgan fingerprint density at radius 1 is 1.33 bits per heavy atom. The van der Waals surface area contributed by atoms with Gasteiger partial charge in [-0.25, -0.2) is 4.68 Å². The van der Waals surface area contributed by atoms with Gasteiger partial charge in [-0.2, -0.15) is 11.8 Å². The summed E-state index contributed by atoms with van der Waals surface area (Å²) in [7, 11) is 0. The molecule has 0 bridgehead atoms. The van der Waals surface area contributed by atoms with Crippen LogP contribution in [0.4, 0.5) is 0 Å². The van der Waals surface area contributed by atoms with Crippen LogP contribution in [0.15, 0.2) is 6.33 Å². The van der Waals surface area contributed by atoms with Crippen molar-refractivity contribution < 1.29 is 9.53 Å². The van der Waals surface area contributed by atoms with Crippen LogP contribution in [0.2, 0.25) is 0 Å². The SMILES string of the molecule is O=C(CC1(n2cnnn2)CCSCC1)NC[C@]12CCC[C@H]1CCO2. The van der Waals surface area contributed by atoms with E-state index in [1.807, 2.05) is 11.8 Å². The summed E-state index contributed by atoms with van der Waals surface area (Å²) in [6, 6.07) is 0. The number of hydrogen-bond acceptors (Lipinski definition) is 6. The average molecular weight is 351 g/mol. The number of nitrogens with zero attached hydrogens (tertiary/aromatic N) is 4. The van der Waals surface area contributed by atoms with Gasteiger partial charge in [0.25, 0.3) is 0 Å². The number of tetrazole rings is 1. The van der Waals surface area contributed by atoms with Crippen LogP contribution >= 0.6 is 11.8 Å². The molecule has 2 saturated heterocycles. The summed E-state index contributed by atoms with van der Waals surface area (Å²) >= 11 is 1.93. The molecule has 0 radical (unpaired) electrons. The third-order valence-corrected chi connectivity index (χ3v) is 7.07. The van der Waals surface area contributed by atoms with Crippen molar-refractivity contribution in [2.45, 2.75) is 56.1 Å². The average Bonchev–Trinajstić information content (AvgIpc) is 3.30.